The molecule has 0 spiro atoms. The summed E-state index contributed by atoms with van der Waals surface area (Å²) in [6, 6.07) is 17.3. The highest BCUT2D eigenvalue weighted by Crippen LogP contribution is 2.28. The van der Waals surface area contributed by atoms with Crippen LogP contribution in [0.2, 0.25) is 0 Å². The van der Waals surface area contributed by atoms with Crippen LogP contribution in [0.1, 0.15) is 36.8 Å². The third kappa shape index (κ3) is 4.90. The maximum atomic E-state index is 4.80. The molecule has 2 N–H and O–H groups in total. The summed E-state index contributed by atoms with van der Waals surface area (Å²) >= 11 is 0. The van der Waals surface area contributed by atoms with Gasteiger partial charge in [-0.3, -0.25) is 0 Å². The molecule has 0 bridgehead atoms. The second-order valence-corrected chi connectivity index (χ2v) is 8.70. The van der Waals surface area contributed by atoms with Crippen LogP contribution in [0.5, 0.6) is 0 Å². The molecule has 1 fully saturated rings. The number of anilines is 2. The molecular weight excluding hydrogens is 370 g/mol. The highest BCUT2D eigenvalue weighted by molar-refractivity contribution is 5.90. The lowest BCUT2D eigenvalue weighted by Crippen LogP contribution is -2.31. The van der Waals surface area contributed by atoms with Crippen molar-refractivity contribution in [1.82, 2.24) is 15.3 Å². The van der Waals surface area contributed by atoms with Gasteiger partial charge in [-0.2, -0.15) is 4.98 Å². The molecule has 5 nitrogen and oxygen atoms in total. The Kier molecular flexibility index (Phi) is 6.48. The molecular formula is C25H33N5. The third-order valence-electron chi connectivity index (χ3n) is 6.20. The Bertz CT molecular complexity index is 976. The first-order valence-electron chi connectivity index (χ1n) is 11.1. The van der Waals surface area contributed by atoms with Crippen LogP contribution in [0.4, 0.5) is 11.8 Å². The number of nitrogens with one attached hydrogen (secondary N) is 2. The zero-order valence-electron chi connectivity index (χ0n) is 18.4. The van der Waals surface area contributed by atoms with Crippen LogP contribution in [0.25, 0.3) is 10.9 Å². The van der Waals surface area contributed by atoms with E-state index < -0.39 is 0 Å². The van der Waals surface area contributed by atoms with E-state index in [1.54, 1.807) is 0 Å². The molecule has 0 amide bonds. The van der Waals surface area contributed by atoms with Crippen LogP contribution >= 0.6 is 0 Å². The molecule has 1 aliphatic rings. The summed E-state index contributed by atoms with van der Waals surface area (Å²) in [6.45, 7) is 4.24. The SMILES string of the molecule is Cc1ccccc1CNCC1CCC(Nc2nc(N(C)C)c3ccccc3n2)CC1. The summed E-state index contributed by atoms with van der Waals surface area (Å²) in [5.74, 6) is 2.47. The monoisotopic (exact) mass is 403 g/mol. The molecule has 2 aromatic carbocycles. The molecule has 0 radical (unpaired) electrons. The molecule has 1 aliphatic carbocycles. The molecule has 4 rings (SSSR count). The van der Waals surface area contributed by atoms with Gasteiger partial charge in [-0.1, -0.05) is 36.4 Å². The molecule has 0 atom stereocenters. The fraction of sp³-hybridized carbons (Fsp3) is 0.440. The van der Waals surface area contributed by atoms with Gasteiger partial charge in [0, 0.05) is 32.1 Å². The van der Waals surface area contributed by atoms with Gasteiger partial charge in [-0.15, -0.1) is 0 Å². The minimum Gasteiger partial charge on any atom is -0.362 e. The minimum absolute atomic E-state index is 0.453. The molecule has 0 aliphatic heterocycles. The molecule has 158 valence electrons. The molecule has 1 aromatic heterocycles. The Morgan fingerprint density at radius 3 is 2.43 bits per heavy atom. The zero-order valence-corrected chi connectivity index (χ0v) is 18.4. The van der Waals surface area contributed by atoms with Crippen molar-refractivity contribution < 1.29 is 0 Å². The smallest absolute Gasteiger partial charge is 0.225 e. The van der Waals surface area contributed by atoms with E-state index in [0.29, 0.717) is 6.04 Å². The molecule has 1 saturated carbocycles. The Hall–Kier alpha value is -2.66. The topological polar surface area (TPSA) is 53.1 Å². The highest BCUT2D eigenvalue weighted by atomic mass is 15.2. The van der Waals surface area contributed by atoms with E-state index in [2.05, 4.69) is 58.9 Å². The molecule has 1 heterocycles. The second kappa shape index (κ2) is 9.43. The van der Waals surface area contributed by atoms with Gasteiger partial charge in [0.1, 0.15) is 5.82 Å². The molecule has 0 saturated heterocycles. The zero-order chi connectivity index (χ0) is 20.9. The standard InChI is InChI=1S/C25H33N5/c1-18-8-4-5-9-20(18)17-26-16-19-12-14-21(15-13-19)27-25-28-23-11-7-6-10-22(23)24(29-25)30(2)3/h4-11,19,21,26H,12-17H2,1-3H3,(H,27,28,29). The first kappa shape index (κ1) is 20.6. The number of hydrogen-bond donors (Lipinski definition) is 2. The van der Waals surface area contributed by atoms with Gasteiger partial charge in [-0.05, 0) is 68.3 Å². The van der Waals surface area contributed by atoms with Gasteiger partial charge >= 0.3 is 0 Å². The number of nitrogens with zero attached hydrogens (tertiary/aromatic N) is 3. The first-order valence-corrected chi connectivity index (χ1v) is 11.1. The van der Waals surface area contributed by atoms with Crippen molar-refractivity contribution in [3.8, 4) is 0 Å². The Labute approximate surface area is 179 Å². The number of fused-ring (bicyclic) bond motifs is 1. The summed E-state index contributed by atoms with van der Waals surface area (Å²) in [5, 5.41) is 8.37. The predicted octanol–water partition coefficient (Wildman–Crippen LogP) is 4.76. The van der Waals surface area contributed by atoms with Crippen molar-refractivity contribution in [2.24, 2.45) is 5.92 Å². The van der Waals surface area contributed by atoms with Crippen LogP contribution < -0.4 is 15.5 Å². The van der Waals surface area contributed by atoms with Crippen molar-refractivity contribution >= 4 is 22.7 Å². The summed E-state index contributed by atoms with van der Waals surface area (Å²) in [6.07, 6.45) is 4.83. The van der Waals surface area contributed by atoms with Gasteiger partial charge in [0.05, 0.1) is 5.52 Å². The van der Waals surface area contributed by atoms with Gasteiger partial charge in [-0.25, -0.2) is 4.98 Å². The Morgan fingerprint density at radius 1 is 0.933 bits per heavy atom. The summed E-state index contributed by atoms with van der Waals surface area (Å²) in [5.41, 5.74) is 3.76. The van der Waals surface area contributed by atoms with Crippen LogP contribution in [0.15, 0.2) is 48.5 Å². The second-order valence-electron chi connectivity index (χ2n) is 8.70. The maximum absolute atomic E-state index is 4.80. The predicted molar refractivity (Wildman–Crippen MR) is 126 cm³/mol. The van der Waals surface area contributed by atoms with Crippen molar-refractivity contribution in [3.05, 3.63) is 59.7 Å². The van der Waals surface area contributed by atoms with Crippen molar-refractivity contribution in [2.45, 2.75) is 45.2 Å². The van der Waals surface area contributed by atoms with Gasteiger partial charge in [0.2, 0.25) is 5.95 Å². The van der Waals surface area contributed by atoms with E-state index in [-0.39, 0.29) is 0 Å². The van der Waals surface area contributed by atoms with Crippen LogP contribution in [-0.4, -0.2) is 36.6 Å². The fourth-order valence-electron chi connectivity index (χ4n) is 4.38. The number of para-hydroxylation sites is 1. The van der Waals surface area contributed by atoms with E-state index >= 15 is 0 Å². The van der Waals surface area contributed by atoms with Crippen molar-refractivity contribution in [3.63, 3.8) is 0 Å². The lowest BCUT2D eigenvalue weighted by Gasteiger charge is -2.29. The quantitative estimate of drug-likeness (QED) is 0.595. The average molecular weight is 404 g/mol. The fourth-order valence-corrected chi connectivity index (χ4v) is 4.38. The molecule has 3 aromatic rings. The van der Waals surface area contributed by atoms with Gasteiger partial charge < -0.3 is 15.5 Å². The molecule has 30 heavy (non-hydrogen) atoms. The summed E-state index contributed by atoms with van der Waals surface area (Å²) in [7, 11) is 4.07. The summed E-state index contributed by atoms with van der Waals surface area (Å²) < 4.78 is 0. The van der Waals surface area contributed by atoms with Crippen LogP contribution in [0.3, 0.4) is 0 Å². The highest BCUT2D eigenvalue weighted by Gasteiger charge is 2.22. The average Bonchev–Trinajstić information content (AvgIpc) is 2.75. The first-order chi connectivity index (χ1) is 14.6. The van der Waals surface area contributed by atoms with Crippen molar-refractivity contribution in [1.29, 1.82) is 0 Å². The van der Waals surface area contributed by atoms with E-state index in [9.17, 15) is 0 Å². The number of aromatic nitrogens is 2. The van der Waals surface area contributed by atoms with E-state index in [0.717, 1.165) is 41.7 Å². The van der Waals surface area contributed by atoms with Crippen LogP contribution in [-0.2, 0) is 6.54 Å². The minimum atomic E-state index is 0.453. The van der Waals surface area contributed by atoms with Crippen LogP contribution in [0, 0.1) is 12.8 Å². The summed E-state index contributed by atoms with van der Waals surface area (Å²) in [4.78, 5) is 11.6. The van der Waals surface area contributed by atoms with E-state index in [1.165, 1.54) is 36.8 Å². The number of rotatable bonds is 7. The lowest BCUT2D eigenvalue weighted by molar-refractivity contribution is 0.323. The normalized spacial score (nSPS) is 19.0. The Balaban J connectivity index is 1.30. The Morgan fingerprint density at radius 2 is 1.67 bits per heavy atom. The van der Waals surface area contributed by atoms with Gasteiger partial charge in [0.25, 0.3) is 0 Å². The molecule has 0 unspecified atom stereocenters. The lowest BCUT2D eigenvalue weighted by atomic mass is 9.86. The third-order valence-corrected chi connectivity index (χ3v) is 6.20. The van der Waals surface area contributed by atoms with Gasteiger partial charge in [0.15, 0.2) is 0 Å². The van der Waals surface area contributed by atoms with E-state index in [4.69, 9.17) is 9.97 Å². The van der Waals surface area contributed by atoms with E-state index in [1.807, 2.05) is 26.2 Å². The number of hydrogen-bond acceptors (Lipinski definition) is 5. The van der Waals surface area contributed by atoms with Crippen molar-refractivity contribution in [2.75, 3.05) is 30.9 Å². The number of aryl methyl sites for hydroxylation is 1. The largest absolute Gasteiger partial charge is 0.362 e. The number of benzene rings is 2. The maximum Gasteiger partial charge on any atom is 0.225 e. The molecule has 5 heteroatoms.